The molecule has 2 aliphatic rings. The zero-order chi connectivity index (χ0) is 18.1. The van der Waals surface area contributed by atoms with Crippen molar-refractivity contribution in [2.75, 3.05) is 19.6 Å². The van der Waals surface area contributed by atoms with E-state index in [2.05, 4.69) is 89.8 Å². The van der Waals surface area contributed by atoms with E-state index >= 15 is 0 Å². The number of likely N-dealkylation sites (tertiary alicyclic amines) is 1. The Balaban J connectivity index is 0.00000192. The van der Waals surface area contributed by atoms with E-state index in [9.17, 15) is 0 Å². The molecule has 144 valence electrons. The lowest BCUT2D eigenvalue weighted by atomic mass is 9.74. The Morgan fingerprint density at radius 1 is 0.857 bits per heavy atom. The summed E-state index contributed by atoms with van der Waals surface area (Å²) < 4.78 is 6.67. The lowest BCUT2D eigenvalue weighted by Crippen LogP contribution is -2.49. The third kappa shape index (κ3) is 3.32. The minimum Gasteiger partial charge on any atom is -0.482 e. The van der Waals surface area contributed by atoms with Crippen molar-refractivity contribution in [3.05, 3.63) is 102 Å². The smallest absolute Gasteiger partial charge is 0.143 e. The highest BCUT2D eigenvalue weighted by Gasteiger charge is 2.52. The average molecular weight is 392 g/mol. The Bertz CT molecular complexity index is 914. The number of benzene rings is 3. The van der Waals surface area contributed by atoms with E-state index in [1.54, 1.807) is 0 Å². The Hall–Kier alpha value is -2.29. The molecule has 0 aromatic heterocycles. The summed E-state index contributed by atoms with van der Waals surface area (Å²) in [5, 5.41) is 0. The summed E-state index contributed by atoms with van der Waals surface area (Å²) in [5.74, 6) is 1.46. The number of rotatable bonds is 4. The second-order valence-corrected chi connectivity index (χ2v) is 7.73. The van der Waals surface area contributed by atoms with E-state index in [0.29, 0.717) is 5.92 Å². The molecule has 2 aliphatic heterocycles. The van der Waals surface area contributed by atoms with E-state index in [-0.39, 0.29) is 18.0 Å². The predicted octanol–water partition coefficient (Wildman–Crippen LogP) is 5.43. The molecule has 2 heterocycles. The molecule has 0 N–H and O–H groups in total. The SMILES string of the molecule is Cl.c1ccc(CCN2CC[C@@]3(c4ccccc4)Oc4ccccc4[C@H]3C2)cc1. The summed E-state index contributed by atoms with van der Waals surface area (Å²) in [5.41, 5.74) is 3.88. The predicted molar refractivity (Wildman–Crippen MR) is 116 cm³/mol. The average Bonchev–Trinajstić information content (AvgIpc) is 3.09. The van der Waals surface area contributed by atoms with Crippen LogP contribution in [0.2, 0.25) is 0 Å². The lowest BCUT2D eigenvalue weighted by Gasteiger charge is -2.43. The molecule has 0 aliphatic carbocycles. The van der Waals surface area contributed by atoms with Gasteiger partial charge in [-0.1, -0.05) is 78.9 Å². The van der Waals surface area contributed by atoms with Gasteiger partial charge in [-0.3, -0.25) is 0 Å². The molecule has 0 bridgehead atoms. The quantitative estimate of drug-likeness (QED) is 0.588. The van der Waals surface area contributed by atoms with Crippen molar-refractivity contribution < 1.29 is 4.74 Å². The van der Waals surface area contributed by atoms with E-state index < -0.39 is 0 Å². The molecule has 0 radical (unpaired) electrons. The maximum atomic E-state index is 6.67. The molecule has 3 heteroatoms. The second-order valence-electron chi connectivity index (χ2n) is 7.73. The molecule has 0 amide bonds. The zero-order valence-electron chi connectivity index (χ0n) is 16.0. The molecule has 3 aromatic rings. The molecule has 5 rings (SSSR count). The number of piperidine rings is 1. The maximum Gasteiger partial charge on any atom is 0.143 e. The number of halogens is 1. The summed E-state index contributed by atoms with van der Waals surface area (Å²) in [4.78, 5) is 2.62. The summed E-state index contributed by atoms with van der Waals surface area (Å²) in [7, 11) is 0. The normalized spacial score (nSPS) is 23.2. The molecular formula is C25H26ClNO. The van der Waals surface area contributed by atoms with Crippen LogP contribution in [-0.2, 0) is 12.0 Å². The van der Waals surface area contributed by atoms with Crippen molar-refractivity contribution in [2.45, 2.75) is 24.4 Å². The summed E-state index contributed by atoms with van der Waals surface area (Å²) in [6.45, 7) is 3.23. The van der Waals surface area contributed by atoms with Crippen LogP contribution in [0.4, 0.5) is 0 Å². The van der Waals surface area contributed by atoms with Crippen molar-refractivity contribution in [1.82, 2.24) is 4.90 Å². The molecule has 0 unspecified atom stereocenters. The summed E-state index contributed by atoms with van der Waals surface area (Å²) in [6, 6.07) is 30.3. The highest BCUT2D eigenvalue weighted by atomic mass is 35.5. The molecular weight excluding hydrogens is 366 g/mol. The van der Waals surface area contributed by atoms with Crippen molar-refractivity contribution in [3.63, 3.8) is 0 Å². The summed E-state index contributed by atoms with van der Waals surface area (Å²) in [6.07, 6.45) is 2.14. The topological polar surface area (TPSA) is 12.5 Å². The van der Waals surface area contributed by atoms with Crippen molar-refractivity contribution in [3.8, 4) is 5.75 Å². The second kappa shape index (κ2) is 7.98. The van der Waals surface area contributed by atoms with Crippen molar-refractivity contribution in [2.24, 2.45) is 0 Å². The van der Waals surface area contributed by atoms with Crippen LogP contribution in [-0.4, -0.2) is 24.5 Å². The van der Waals surface area contributed by atoms with Crippen LogP contribution in [0.1, 0.15) is 29.0 Å². The van der Waals surface area contributed by atoms with Gasteiger partial charge in [0.2, 0.25) is 0 Å². The van der Waals surface area contributed by atoms with Crippen molar-refractivity contribution in [1.29, 1.82) is 0 Å². The number of nitrogens with zero attached hydrogens (tertiary/aromatic N) is 1. The number of hydrogen-bond acceptors (Lipinski definition) is 2. The third-order valence-electron chi connectivity index (χ3n) is 6.21. The van der Waals surface area contributed by atoms with Gasteiger partial charge in [-0.2, -0.15) is 0 Å². The Kier molecular flexibility index (Phi) is 5.43. The van der Waals surface area contributed by atoms with E-state index in [0.717, 1.165) is 38.2 Å². The van der Waals surface area contributed by atoms with Gasteiger partial charge in [0.25, 0.3) is 0 Å². The van der Waals surface area contributed by atoms with E-state index in [4.69, 9.17) is 4.74 Å². The van der Waals surface area contributed by atoms with Crippen molar-refractivity contribution >= 4 is 12.4 Å². The third-order valence-corrected chi connectivity index (χ3v) is 6.21. The number of ether oxygens (including phenoxy) is 1. The van der Waals surface area contributed by atoms with E-state index in [1.807, 2.05) is 0 Å². The fourth-order valence-electron chi connectivity index (χ4n) is 4.78. The van der Waals surface area contributed by atoms with Gasteiger partial charge in [0, 0.05) is 37.5 Å². The van der Waals surface area contributed by atoms with Gasteiger partial charge in [-0.25, -0.2) is 0 Å². The highest BCUT2D eigenvalue weighted by molar-refractivity contribution is 5.85. The number of hydrogen-bond donors (Lipinski definition) is 0. The van der Waals surface area contributed by atoms with Crippen LogP contribution in [0.3, 0.4) is 0 Å². The fourth-order valence-corrected chi connectivity index (χ4v) is 4.78. The largest absolute Gasteiger partial charge is 0.482 e. The molecule has 3 aromatic carbocycles. The molecule has 0 spiro atoms. The molecule has 2 atom stereocenters. The van der Waals surface area contributed by atoms with Gasteiger partial charge in [-0.15, -0.1) is 12.4 Å². The van der Waals surface area contributed by atoms with E-state index in [1.165, 1.54) is 16.7 Å². The first-order chi connectivity index (χ1) is 13.4. The Labute approximate surface area is 173 Å². The molecule has 0 saturated carbocycles. The van der Waals surface area contributed by atoms with Crippen LogP contribution in [0.5, 0.6) is 5.75 Å². The first-order valence-corrected chi connectivity index (χ1v) is 9.95. The molecule has 1 fully saturated rings. The standard InChI is InChI=1S/C25H25NO.ClH/c1-3-9-20(10-4-1)15-17-26-18-16-25(21-11-5-2-6-12-21)23(19-26)22-13-7-8-14-24(22)27-25;/h1-14,23H,15-19H2;1H/t23-,25+;/m1./s1. The minimum absolute atomic E-state index is 0. The minimum atomic E-state index is -0.214. The van der Waals surface area contributed by atoms with Crippen LogP contribution in [0, 0.1) is 0 Å². The number of fused-ring (bicyclic) bond motifs is 3. The molecule has 28 heavy (non-hydrogen) atoms. The number of para-hydroxylation sites is 1. The van der Waals surface area contributed by atoms with Crippen LogP contribution < -0.4 is 4.74 Å². The van der Waals surface area contributed by atoms with Crippen LogP contribution >= 0.6 is 12.4 Å². The highest BCUT2D eigenvalue weighted by Crippen LogP contribution is 2.54. The van der Waals surface area contributed by atoms with Gasteiger partial charge in [0.05, 0.1) is 0 Å². The van der Waals surface area contributed by atoms with Crippen LogP contribution in [0.25, 0.3) is 0 Å². The Morgan fingerprint density at radius 3 is 2.32 bits per heavy atom. The monoisotopic (exact) mass is 391 g/mol. The molecule has 1 saturated heterocycles. The van der Waals surface area contributed by atoms with Gasteiger partial charge in [0.1, 0.15) is 11.4 Å². The first kappa shape index (κ1) is 19.0. The van der Waals surface area contributed by atoms with Gasteiger partial charge in [-0.05, 0) is 23.6 Å². The fraction of sp³-hybridized carbons (Fsp3) is 0.280. The van der Waals surface area contributed by atoms with Gasteiger partial charge < -0.3 is 9.64 Å². The lowest BCUT2D eigenvalue weighted by molar-refractivity contribution is 0.000174. The summed E-state index contributed by atoms with van der Waals surface area (Å²) >= 11 is 0. The Morgan fingerprint density at radius 2 is 1.54 bits per heavy atom. The molecule has 2 nitrogen and oxygen atoms in total. The van der Waals surface area contributed by atoms with Gasteiger partial charge in [0.15, 0.2) is 0 Å². The van der Waals surface area contributed by atoms with Crippen LogP contribution in [0.15, 0.2) is 84.9 Å². The van der Waals surface area contributed by atoms with Gasteiger partial charge >= 0.3 is 0 Å². The zero-order valence-corrected chi connectivity index (χ0v) is 16.8. The maximum absolute atomic E-state index is 6.67. The first-order valence-electron chi connectivity index (χ1n) is 9.95.